The first-order valence-electron chi connectivity index (χ1n) is 18.2. The second-order valence-electron chi connectivity index (χ2n) is 15.7. The number of rotatable bonds is 10. The van der Waals surface area contributed by atoms with Crippen molar-refractivity contribution in [1.82, 2.24) is 4.90 Å². The molecule has 0 amide bonds. The molecule has 3 saturated carbocycles. The van der Waals surface area contributed by atoms with Gasteiger partial charge >= 0.3 is 0 Å². The van der Waals surface area contributed by atoms with Gasteiger partial charge in [0.25, 0.3) is 0 Å². The van der Waals surface area contributed by atoms with E-state index >= 15 is 0 Å². The van der Waals surface area contributed by atoms with Crippen LogP contribution in [0, 0.1) is 45.8 Å². The number of fused-ring (bicyclic) bond motifs is 5. The van der Waals surface area contributed by atoms with E-state index in [9.17, 15) is 0 Å². The molecule has 0 spiro atoms. The predicted octanol–water partition coefficient (Wildman–Crippen LogP) is 12.6. The van der Waals surface area contributed by atoms with Gasteiger partial charge in [-0.05, 0) is 133 Å². The molecule has 246 valence electrons. The smallest absolute Gasteiger partial charge is 0.0230 e. The second-order valence-corrected chi connectivity index (χ2v) is 15.7. The van der Waals surface area contributed by atoms with Crippen molar-refractivity contribution in [3.8, 4) is 0 Å². The van der Waals surface area contributed by atoms with Crippen molar-refractivity contribution in [1.29, 1.82) is 5.41 Å². The summed E-state index contributed by atoms with van der Waals surface area (Å²) in [4.78, 5) is 2.38. The zero-order valence-electron chi connectivity index (χ0n) is 30.5. The third kappa shape index (κ3) is 9.23. The Labute approximate surface area is 269 Å². The van der Waals surface area contributed by atoms with E-state index in [-0.39, 0.29) is 0 Å². The number of unbranched alkanes of at least 4 members (excludes halogenated alkanes) is 1. The van der Waals surface area contributed by atoms with Crippen molar-refractivity contribution in [3.05, 3.63) is 48.2 Å². The highest BCUT2D eigenvalue weighted by Crippen LogP contribution is 2.66. The van der Waals surface area contributed by atoms with E-state index in [0.29, 0.717) is 22.8 Å². The molecule has 1 N–H and O–H groups in total. The SMILES string of the molecule is C=C(CC)CC(C)CCN(C(=C)C)C(C)C.C=C1C=C2CCC3C(CCC4(C)C(C(C)=N)CCC34)C2(C)CC1.CCCC. The minimum absolute atomic E-state index is 0.419. The van der Waals surface area contributed by atoms with Gasteiger partial charge in [0.1, 0.15) is 0 Å². The van der Waals surface area contributed by atoms with Crippen molar-refractivity contribution >= 4 is 5.71 Å². The van der Waals surface area contributed by atoms with E-state index in [2.05, 4.69) is 100.0 Å². The van der Waals surface area contributed by atoms with E-state index in [1.165, 1.54) is 93.9 Å². The Morgan fingerprint density at radius 3 is 2.14 bits per heavy atom. The molecule has 0 aliphatic heterocycles. The molecule has 2 nitrogen and oxygen atoms in total. The van der Waals surface area contributed by atoms with Gasteiger partial charge in [-0.3, -0.25) is 0 Å². The predicted molar refractivity (Wildman–Crippen MR) is 193 cm³/mol. The fourth-order valence-electron chi connectivity index (χ4n) is 9.35. The Morgan fingerprint density at radius 1 is 0.953 bits per heavy atom. The van der Waals surface area contributed by atoms with Crippen LogP contribution in [-0.2, 0) is 0 Å². The molecule has 4 aliphatic carbocycles. The zero-order valence-corrected chi connectivity index (χ0v) is 30.5. The lowest BCUT2D eigenvalue weighted by Crippen LogP contribution is -2.50. The van der Waals surface area contributed by atoms with Crippen LogP contribution in [0.1, 0.15) is 153 Å². The molecule has 0 saturated heterocycles. The molecule has 2 heteroatoms. The number of nitrogens with zero attached hydrogens (tertiary/aromatic N) is 1. The van der Waals surface area contributed by atoms with E-state index in [1.54, 1.807) is 5.57 Å². The zero-order chi connectivity index (χ0) is 32.5. The lowest BCUT2D eigenvalue weighted by Gasteiger charge is -2.58. The van der Waals surface area contributed by atoms with Gasteiger partial charge in [-0.15, -0.1) is 0 Å². The molecule has 7 atom stereocenters. The van der Waals surface area contributed by atoms with Crippen LogP contribution in [0.2, 0.25) is 0 Å². The third-order valence-corrected chi connectivity index (χ3v) is 12.2. The number of hydrogen-bond acceptors (Lipinski definition) is 2. The van der Waals surface area contributed by atoms with Gasteiger partial charge in [0.2, 0.25) is 0 Å². The molecule has 3 fully saturated rings. The van der Waals surface area contributed by atoms with Crippen LogP contribution < -0.4 is 0 Å². The molecule has 0 bridgehead atoms. The summed E-state index contributed by atoms with van der Waals surface area (Å²) in [7, 11) is 0. The molecule has 0 aromatic carbocycles. The summed E-state index contributed by atoms with van der Waals surface area (Å²) in [5.41, 5.74) is 7.44. The molecule has 0 heterocycles. The van der Waals surface area contributed by atoms with Crippen molar-refractivity contribution in [2.24, 2.45) is 40.4 Å². The maximum Gasteiger partial charge on any atom is 0.0230 e. The maximum atomic E-state index is 8.26. The monoisotopic (exact) mass is 593 g/mol. The van der Waals surface area contributed by atoms with Gasteiger partial charge in [0, 0.05) is 29.9 Å². The summed E-state index contributed by atoms with van der Waals surface area (Å²) in [6.45, 7) is 36.0. The highest BCUT2D eigenvalue weighted by molar-refractivity contribution is 5.82. The second kappa shape index (κ2) is 16.7. The minimum atomic E-state index is 0.419. The molecule has 0 aromatic heterocycles. The van der Waals surface area contributed by atoms with Crippen molar-refractivity contribution < 1.29 is 0 Å². The lowest BCUT2D eigenvalue weighted by atomic mass is 9.46. The summed E-state index contributed by atoms with van der Waals surface area (Å²) in [5.74, 6) is 3.96. The molecule has 7 unspecified atom stereocenters. The maximum absolute atomic E-state index is 8.26. The summed E-state index contributed by atoms with van der Waals surface area (Å²) in [6, 6.07) is 0.555. The Morgan fingerprint density at radius 2 is 1.60 bits per heavy atom. The minimum Gasteiger partial charge on any atom is -0.373 e. The van der Waals surface area contributed by atoms with Crippen LogP contribution in [0.15, 0.2) is 48.2 Å². The Kier molecular flexibility index (Phi) is 14.6. The van der Waals surface area contributed by atoms with Gasteiger partial charge < -0.3 is 10.3 Å². The fourth-order valence-corrected chi connectivity index (χ4v) is 9.35. The normalized spacial score (nSPS) is 31.6. The van der Waals surface area contributed by atoms with Gasteiger partial charge in [-0.1, -0.05) is 96.9 Å². The van der Waals surface area contributed by atoms with Crippen LogP contribution in [0.25, 0.3) is 0 Å². The topological polar surface area (TPSA) is 27.1 Å². The highest BCUT2D eigenvalue weighted by atomic mass is 15.1. The van der Waals surface area contributed by atoms with E-state index in [1.807, 2.05) is 0 Å². The summed E-state index contributed by atoms with van der Waals surface area (Å²) < 4.78 is 0. The van der Waals surface area contributed by atoms with Crippen LogP contribution in [0.4, 0.5) is 0 Å². The first kappa shape index (κ1) is 37.6. The van der Waals surface area contributed by atoms with Crippen LogP contribution in [-0.4, -0.2) is 23.2 Å². The molecule has 0 radical (unpaired) electrons. The van der Waals surface area contributed by atoms with Crippen LogP contribution in [0.5, 0.6) is 0 Å². The van der Waals surface area contributed by atoms with Gasteiger partial charge in [-0.25, -0.2) is 0 Å². The summed E-state index contributed by atoms with van der Waals surface area (Å²) >= 11 is 0. The van der Waals surface area contributed by atoms with Crippen molar-refractivity contribution in [2.75, 3.05) is 6.54 Å². The van der Waals surface area contributed by atoms with Crippen LogP contribution >= 0.6 is 0 Å². The summed E-state index contributed by atoms with van der Waals surface area (Å²) in [5, 5.41) is 8.26. The average Bonchev–Trinajstić information content (AvgIpc) is 3.31. The number of allylic oxidation sites excluding steroid dienone is 5. The quantitative estimate of drug-likeness (QED) is 0.198. The van der Waals surface area contributed by atoms with Crippen molar-refractivity contribution in [2.45, 2.75) is 159 Å². The first-order valence-corrected chi connectivity index (χ1v) is 18.2. The molecule has 43 heavy (non-hydrogen) atoms. The molecule has 4 aliphatic rings. The fraction of sp³-hybridized carbons (Fsp3) is 0.780. The van der Waals surface area contributed by atoms with Gasteiger partial charge in [0.15, 0.2) is 0 Å². The molecular formula is C41H72N2. The molecular weight excluding hydrogens is 520 g/mol. The Bertz CT molecular complexity index is 982. The molecule has 4 rings (SSSR count). The van der Waals surface area contributed by atoms with E-state index in [4.69, 9.17) is 5.41 Å². The first-order chi connectivity index (χ1) is 20.2. The number of nitrogens with one attached hydrogen (secondary N) is 1. The Hall–Kier alpha value is -1.57. The third-order valence-electron chi connectivity index (χ3n) is 12.2. The van der Waals surface area contributed by atoms with E-state index in [0.717, 1.165) is 42.3 Å². The highest BCUT2D eigenvalue weighted by Gasteiger charge is 2.58. The van der Waals surface area contributed by atoms with Crippen LogP contribution in [0.3, 0.4) is 0 Å². The van der Waals surface area contributed by atoms with Crippen molar-refractivity contribution in [3.63, 3.8) is 0 Å². The van der Waals surface area contributed by atoms with E-state index < -0.39 is 0 Å². The van der Waals surface area contributed by atoms with Gasteiger partial charge in [0.05, 0.1) is 0 Å². The van der Waals surface area contributed by atoms with Gasteiger partial charge in [-0.2, -0.15) is 0 Å². The average molecular weight is 593 g/mol. The Balaban J connectivity index is 0.000000283. The summed E-state index contributed by atoms with van der Waals surface area (Å²) in [6.07, 6.45) is 19.2. The molecule has 0 aromatic rings. The standard InChI is InChI=1S/C22H33N.C15H29N.C4H10/c1-14-9-11-21(3)16(13-14)5-6-17-19-8-7-18(15(2)23)22(19,4)12-10-20(17)21;1-8-14(6)11-15(7)9-10-16(12(2)3)13(4)5;1-3-4-2/h13,17-20,23H,1,5-12H2,2-4H3;13,15H,2,6,8-11H2,1,3-5,7H3;3-4H2,1-2H3. The lowest BCUT2D eigenvalue weighted by molar-refractivity contribution is -0.0417. The number of hydrogen-bond donors (Lipinski definition) is 1. The largest absolute Gasteiger partial charge is 0.373 e.